The van der Waals surface area contributed by atoms with E-state index in [1.54, 1.807) is 36.8 Å². The van der Waals surface area contributed by atoms with Crippen molar-refractivity contribution in [2.75, 3.05) is 7.05 Å². The highest BCUT2D eigenvalue weighted by Crippen LogP contribution is 2.39. The van der Waals surface area contributed by atoms with Crippen molar-refractivity contribution in [2.45, 2.75) is 12.0 Å². The summed E-state index contributed by atoms with van der Waals surface area (Å²) in [7, 11) is 1.50. The molecule has 3 heterocycles. The highest BCUT2D eigenvalue weighted by Gasteiger charge is 2.50. The second kappa shape index (κ2) is 7.01. The molecule has 0 saturated carbocycles. The summed E-state index contributed by atoms with van der Waals surface area (Å²) in [6.07, 6.45) is 3.10. The highest BCUT2D eigenvalue weighted by atomic mass is 19.3. The number of aromatic nitrogens is 3. The van der Waals surface area contributed by atoms with E-state index in [1.807, 2.05) is 6.07 Å². The first-order chi connectivity index (χ1) is 13.9. The van der Waals surface area contributed by atoms with Crippen molar-refractivity contribution in [1.82, 2.24) is 19.9 Å². The third-order valence-corrected chi connectivity index (χ3v) is 4.79. The number of pyridine rings is 1. The lowest BCUT2D eigenvalue weighted by atomic mass is 9.85. The third-order valence-electron chi connectivity index (χ3n) is 4.79. The van der Waals surface area contributed by atoms with Crippen LogP contribution >= 0.6 is 0 Å². The smallest absolute Gasteiger partial charge is 0.267 e. The zero-order valence-corrected chi connectivity index (χ0v) is 15.3. The number of alkyl halides is 2. The Labute approximate surface area is 165 Å². The van der Waals surface area contributed by atoms with E-state index in [4.69, 9.17) is 5.73 Å². The van der Waals surface area contributed by atoms with Crippen molar-refractivity contribution in [1.29, 1.82) is 0 Å². The molecular formula is C20H16F2N6O. The zero-order chi connectivity index (χ0) is 20.6. The quantitative estimate of drug-likeness (QED) is 0.733. The molecule has 0 bridgehead atoms. The van der Waals surface area contributed by atoms with Crippen molar-refractivity contribution < 1.29 is 13.6 Å². The maximum Gasteiger partial charge on any atom is 0.267 e. The number of benzene rings is 1. The van der Waals surface area contributed by atoms with Crippen molar-refractivity contribution in [3.05, 3.63) is 78.0 Å². The lowest BCUT2D eigenvalue weighted by Crippen LogP contribution is -2.41. The lowest BCUT2D eigenvalue weighted by Gasteiger charge is -2.25. The monoisotopic (exact) mass is 394 g/mol. The number of hydrogen-bond donors (Lipinski definition) is 1. The number of likely N-dealkylation sites (N-methyl/N-ethyl adjacent to an activating group) is 1. The first-order valence-electron chi connectivity index (χ1n) is 8.68. The molecule has 2 N–H and O–H groups in total. The van der Waals surface area contributed by atoms with E-state index in [0.29, 0.717) is 11.3 Å². The lowest BCUT2D eigenvalue weighted by molar-refractivity contribution is -0.129. The Morgan fingerprint density at radius 1 is 1.10 bits per heavy atom. The van der Waals surface area contributed by atoms with Crippen LogP contribution in [0.15, 0.2) is 66.2 Å². The average Bonchev–Trinajstić information content (AvgIpc) is 2.99. The predicted octanol–water partition coefficient (Wildman–Crippen LogP) is 2.51. The first kappa shape index (κ1) is 18.6. The van der Waals surface area contributed by atoms with Gasteiger partial charge in [0, 0.05) is 36.8 Å². The predicted molar refractivity (Wildman–Crippen MR) is 102 cm³/mol. The number of guanidine groups is 1. The van der Waals surface area contributed by atoms with Crippen LogP contribution in [0.25, 0.3) is 11.3 Å². The summed E-state index contributed by atoms with van der Waals surface area (Å²) in [5.74, 6) is -0.414. The van der Waals surface area contributed by atoms with Gasteiger partial charge in [0.1, 0.15) is 0 Å². The Kier molecular flexibility index (Phi) is 4.50. The number of amides is 1. The topological polar surface area (TPSA) is 97.4 Å². The maximum absolute atomic E-state index is 13.2. The Hall–Kier alpha value is -3.75. The fourth-order valence-corrected chi connectivity index (χ4v) is 3.24. The molecular weight excluding hydrogens is 378 g/mol. The molecule has 9 heteroatoms. The van der Waals surface area contributed by atoms with Gasteiger partial charge in [-0.05, 0) is 23.8 Å². The molecule has 146 valence electrons. The average molecular weight is 394 g/mol. The molecule has 1 unspecified atom stereocenters. The van der Waals surface area contributed by atoms with E-state index in [2.05, 4.69) is 19.9 Å². The molecule has 2 aromatic heterocycles. The number of nitrogens with two attached hydrogens (primary N) is 1. The van der Waals surface area contributed by atoms with Gasteiger partial charge in [0.15, 0.2) is 5.96 Å². The zero-order valence-electron chi connectivity index (χ0n) is 15.3. The van der Waals surface area contributed by atoms with Gasteiger partial charge in [-0.2, -0.15) is 0 Å². The molecule has 1 amide bonds. The summed E-state index contributed by atoms with van der Waals surface area (Å²) >= 11 is 0. The molecule has 7 nitrogen and oxygen atoms in total. The number of halogens is 2. The second-order valence-corrected chi connectivity index (χ2v) is 6.49. The fraction of sp³-hybridized carbons (Fsp3) is 0.150. The van der Waals surface area contributed by atoms with Crippen LogP contribution in [0.5, 0.6) is 0 Å². The SMILES string of the molecule is CN1C(=O)C(c2cccc(-c3cnccn3)c2)(c2ccc(C(F)F)cn2)N=C1N. The number of hydrogen-bond acceptors (Lipinski definition) is 6. The molecule has 0 radical (unpaired) electrons. The molecule has 1 atom stereocenters. The number of carbonyl (C=O) groups excluding carboxylic acids is 1. The van der Waals surface area contributed by atoms with Crippen LogP contribution in [0, 0.1) is 0 Å². The number of rotatable bonds is 4. The number of aliphatic imine (C=N–C) groups is 1. The third kappa shape index (κ3) is 3.00. The van der Waals surface area contributed by atoms with Gasteiger partial charge >= 0.3 is 0 Å². The Balaban J connectivity index is 1.90. The van der Waals surface area contributed by atoms with Crippen LogP contribution in [0.3, 0.4) is 0 Å². The summed E-state index contributed by atoms with van der Waals surface area (Å²) in [6.45, 7) is 0. The van der Waals surface area contributed by atoms with Crippen LogP contribution in [0.1, 0.15) is 23.2 Å². The van der Waals surface area contributed by atoms with Crippen LogP contribution < -0.4 is 5.73 Å². The van der Waals surface area contributed by atoms with Gasteiger partial charge in [0.05, 0.1) is 17.6 Å². The first-order valence-corrected chi connectivity index (χ1v) is 8.68. The van der Waals surface area contributed by atoms with Crippen molar-refractivity contribution in [3.8, 4) is 11.3 Å². The molecule has 0 spiro atoms. The van der Waals surface area contributed by atoms with Crippen LogP contribution in [0.2, 0.25) is 0 Å². The van der Waals surface area contributed by atoms with Crippen LogP contribution in [0.4, 0.5) is 8.78 Å². The molecule has 29 heavy (non-hydrogen) atoms. The molecule has 3 aromatic rings. The Morgan fingerprint density at radius 3 is 2.52 bits per heavy atom. The van der Waals surface area contributed by atoms with E-state index in [0.717, 1.165) is 11.8 Å². The van der Waals surface area contributed by atoms with Crippen molar-refractivity contribution >= 4 is 11.9 Å². The van der Waals surface area contributed by atoms with Crippen molar-refractivity contribution in [3.63, 3.8) is 0 Å². The van der Waals surface area contributed by atoms with Gasteiger partial charge < -0.3 is 5.73 Å². The maximum atomic E-state index is 13.2. The summed E-state index contributed by atoms with van der Waals surface area (Å²) < 4.78 is 25.9. The van der Waals surface area contributed by atoms with Gasteiger partial charge in [-0.15, -0.1) is 0 Å². The van der Waals surface area contributed by atoms with Gasteiger partial charge in [0.25, 0.3) is 12.3 Å². The summed E-state index contributed by atoms with van der Waals surface area (Å²) in [5.41, 5.74) is 6.15. The van der Waals surface area contributed by atoms with Crippen LogP contribution in [-0.2, 0) is 10.3 Å². The number of nitrogens with zero attached hydrogens (tertiary/aromatic N) is 5. The van der Waals surface area contributed by atoms with E-state index >= 15 is 0 Å². The minimum atomic E-state index is -2.66. The summed E-state index contributed by atoms with van der Waals surface area (Å²) in [4.78, 5) is 31.3. The Bertz CT molecular complexity index is 1090. The molecule has 0 saturated heterocycles. The molecule has 4 rings (SSSR count). The highest BCUT2D eigenvalue weighted by molar-refractivity contribution is 6.08. The minimum Gasteiger partial charge on any atom is -0.369 e. The molecule has 0 fully saturated rings. The van der Waals surface area contributed by atoms with E-state index < -0.39 is 17.9 Å². The molecule has 0 aliphatic carbocycles. The Morgan fingerprint density at radius 2 is 1.93 bits per heavy atom. The standard InChI is InChI=1S/C20H16F2N6O/c1-28-18(29)20(27-19(28)23,16-6-5-13(10-26-16)17(21)22)14-4-2-3-12(9-14)15-11-24-7-8-25-15/h2-11,17H,1H3,(H2,23,27). The van der Waals surface area contributed by atoms with Gasteiger partial charge in [-0.1, -0.05) is 18.2 Å². The minimum absolute atomic E-state index is 0.0136. The van der Waals surface area contributed by atoms with Gasteiger partial charge in [-0.3, -0.25) is 24.6 Å². The largest absolute Gasteiger partial charge is 0.369 e. The van der Waals surface area contributed by atoms with Crippen molar-refractivity contribution in [2.24, 2.45) is 10.7 Å². The van der Waals surface area contributed by atoms with Gasteiger partial charge in [-0.25, -0.2) is 13.8 Å². The van der Waals surface area contributed by atoms with E-state index in [-0.39, 0.29) is 17.2 Å². The molecule has 1 aliphatic rings. The van der Waals surface area contributed by atoms with Gasteiger partial charge in [0.2, 0.25) is 5.54 Å². The second-order valence-electron chi connectivity index (χ2n) is 6.49. The number of carbonyl (C=O) groups is 1. The van der Waals surface area contributed by atoms with E-state index in [9.17, 15) is 13.6 Å². The molecule has 1 aliphatic heterocycles. The molecule has 1 aromatic carbocycles. The van der Waals surface area contributed by atoms with Crippen LogP contribution in [-0.4, -0.2) is 38.8 Å². The fourth-order valence-electron chi connectivity index (χ4n) is 3.24. The normalized spacial score (nSPS) is 19.0. The van der Waals surface area contributed by atoms with E-state index in [1.165, 1.54) is 24.1 Å². The summed E-state index contributed by atoms with van der Waals surface area (Å²) in [5, 5.41) is 0. The summed E-state index contributed by atoms with van der Waals surface area (Å²) in [6, 6.07) is 9.66.